The van der Waals surface area contributed by atoms with Crippen LogP contribution in [0.3, 0.4) is 0 Å². The highest BCUT2D eigenvalue weighted by Gasteiger charge is 2.29. The lowest BCUT2D eigenvalue weighted by molar-refractivity contribution is 0.268. The van der Waals surface area contributed by atoms with Crippen molar-refractivity contribution in [2.24, 2.45) is 10.9 Å². The number of hydrogen-bond acceptors (Lipinski definition) is 3. The van der Waals surface area contributed by atoms with Gasteiger partial charge in [-0.15, -0.1) is 0 Å². The zero-order valence-corrected chi connectivity index (χ0v) is 11.7. The highest BCUT2D eigenvalue weighted by molar-refractivity contribution is 9.10. The van der Waals surface area contributed by atoms with Gasteiger partial charge >= 0.3 is 0 Å². The third-order valence-electron chi connectivity index (χ3n) is 3.32. The molecule has 0 spiro atoms. The van der Waals surface area contributed by atoms with Gasteiger partial charge in [0.25, 0.3) is 0 Å². The molecule has 1 aliphatic heterocycles. The number of likely N-dealkylation sites (tertiary alicyclic amines) is 1. The van der Waals surface area contributed by atoms with Gasteiger partial charge in [-0.1, -0.05) is 5.16 Å². The van der Waals surface area contributed by atoms with Gasteiger partial charge in [-0.05, 0) is 47.4 Å². The Balaban J connectivity index is 2.24. The van der Waals surface area contributed by atoms with E-state index < -0.39 is 11.6 Å². The topological polar surface area (TPSA) is 61.9 Å². The van der Waals surface area contributed by atoms with Crippen molar-refractivity contribution in [3.05, 3.63) is 33.8 Å². The second-order valence-corrected chi connectivity index (χ2v) is 5.33. The van der Waals surface area contributed by atoms with Crippen LogP contribution in [0.1, 0.15) is 18.4 Å². The van der Waals surface area contributed by atoms with E-state index in [9.17, 15) is 8.78 Å². The summed E-state index contributed by atoms with van der Waals surface area (Å²) in [4.78, 5) is 1.81. The van der Waals surface area contributed by atoms with E-state index in [0.717, 1.165) is 6.42 Å². The zero-order valence-electron chi connectivity index (χ0n) is 10.1. The minimum absolute atomic E-state index is 0.00739. The summed E-state index contributed by atoms with van der Waals surface area (Å²) in [6, 6.07) is 2.28. The Morgan fingerprint density at radius 2 is 2.26 bits per heavy atom. The molecule has 1 aromatic rings. The molecule has 0 aliphatic carbocycles. The van der Waals surface area contributed by atoms with E-state index in [1.165, 1.54) is 12.1 Å². The molecule has 3 N–H and O–H groups in total. The van der Waals surface area contributed by atoms with Gasteiger partial charge in [-0.25, -0.2) is 8.78 Å². The molecule has 0 saturated carbocycles. The summed E-state index contributed by atoms with van der Waals surface area (Å²) in [5.41, 5.74) is 5.58. The van der Waals surface area contributed by atoms with Gasteiger partial charge in [-0.2, -0.15) is 0 Å². The molecule has 0 bridgehead atoms. The van der Waals surface area contributed by atoms with E-state index in [1.54, 1.807) is 0 Å². The third-order valence-corrected chi connectivity index (χ3v) is 3.93. The molecule has 1 saturated heterocycles. The van der Waals surface area contributed by atoms with Crippen molar-refractivity contribution in [1.82, 2.24) is 4.90 Å². The van der Waals surface area contributed by atoms with Crippen LogP contribution in [0.2, 0.25) is 0 Å². The average molecular weight is 334 g/mol. The maximum atomic E-state index is 13.9. The summed E-state index contributed by atoms with van der Waals surface area (Å²) in [5.74, 6) is -1.12. The first-order chi connectivity index (χ1) is 9.04. The number of amidine groups is 1. The predicted octanol–water partition coefficient (Wildman–Crippen LogP) is 2.44. The molecule has 0 radical (unpaired) electrons. The predicted molar refractivity (Wildman–Crippen MR) is 70.9 cm³/mol. The van der Waals surface area contributed by atoms with Gasteiger partial charge in [0.15, 0.2) is 5.84 Å². The molecule has 1 atom stereocenters. The van der Waals surface area contributed by atoms with Crippen molar-refractivity contribution in [1.29, 1.82) is 0 Å². The Morgan fingerprint density at radius 3 is 2.95 bits per heavy atom. The number of rotatable bonds is 3. The Morgan fingerprint density at radius 1 is 1.53 bits per heavy atom. The molecule has 4 nitrogen and oxygen atoms in total. The second kappa shape index (κ2) is 5.83. The van der Waals surface area contributed by atoms with Crippen LogP contribution in [0.4, 0.5) is 8.78 Å². The Kier molecular flexibility index (Phi) is 4.36. The monoisotopic (exact) mass is 333 g/mol. The van der Waals surface area contributed by atoms with Gasteiger partial charge in [0.2, 0.25) is 0 Å². The van der Waals surface area contributed by atoms with E-state index in [-0.39, 0.29) is 28.5 Å². The number of benzene rings is 1. The Labute approximate surface area is 118 Å². The number of hydrogen-bond donors (Lipinski definition) is 2. The van der Waals surface area contributed by atoms with Crippen LogP contribution in [-0.2, 0) is 6.54 Å². The van der Waals surface area contributed by atoms with Gasteiger partial charge in [0, 0.05) is 12.1 Å². The van der Waals surface area contributed by atoms with Crippen LogP contribution in [0.5, 0.6) is 0 Å². The fourth-order valence-corrected chi connectivity index (χ4v) is 2.71. The normalized spacial score (nSPS) is 21.0. The average Bonchev–Trinajstić information content (AvgIpc) is 2.86. The first-order valence-corrected chi connectivity index (χ1v) is 6.67. The van der Waals surface area contributed by atoms with Crippen molar-refractivity contribution in [2.45, 2.75) is 25.4 Å². The van der Waals surface area contributed by atoms with Crippen LogP contribution < -0.4 is 5.73 Å². The molecule has 1 heterocycles. The third kappa shape index (κ3) is 2.87. The maximum absolute atomic E-state index is 13.9. The van der Waals surface area contributed by atoms with Crippen molar-refractivity contribution in [3.8, 4) is 0 Å². The van der Waals surface area contributed by atoms with Gasteiger partial charge < -0.3 is 10.9 Å². The summed E-state index contributed by atoms with van der Waals surface area (Å²) in [6.07, 6.45) is 1.56. The first kappa shape index (κ1) is 14.2. The summed E-state index contributed by atoms with van der Waals surface area (Å²) in [7, 11) is 0. The van der Waals surface area contributed by atoms with E-state index >= 15 is 0 Å². The second-order valence-electron chi connectivity index (χ2n) is 4.48. The van der Waals surface area contributed by atoms with Crippen molar-refractivity contribution < 1.29 is 14.0 Å². The maximum Gasteiger partial charge on any atom is 0.156 e. The highest BCUT2D eigenvalue weighted by Crippen LogP contribution is 2.26. The largest absolute Gasteiger partial charge is 0.409 e. The molecule has 2 rings (SSSR count). The van der Waals surface area contributed by atoms with Gasteiger partial charge in [0.05, 0.1) is 10.5 Å². The molecule has 7 heteroatoms. The summed E-state index contributed by atoms with van der Waals surface area (Å²) in [5, 5.41) is 11.7. The molecule has 1 unspecified atom stereocenters. The van der Waals surface area contributed by atoms with Crippen LogP contribution in [-0.4, -0.2) is 28.5 Å². The highest BCUT2D eigenvalue weighted by atomic mass is 79.9. The molecule has 0 amide bonds. The molecule has 104 valence electrons. The Bertz CT molecular complexity index is 510. The van der Waals surface area contributed by atoms with Crippen LogP contribution in [0, 0.1) is 11.6 Å². The summed E-state index contributed by atoms with van der Waals surface area (Å²) >= 11 is 3.04. The standard InChI is InChI=1S/C12H14BrF2N3O/c13-8-3-4-9(14)7(11(8)15)6-18-5-1-2-10(18)12(16)17-19/h3-4,10,19H,1-2,5-6H2,(H2,16,17). The zero-order chi connectivity index (χ0) is 14.0. The van der Waals surface area contributed by atoms with E-state index in [1.807, 2.05) is 4.90 Å². The minimum Gasteiger partial charge on any atom is -0.409 e. The molecular weight excluding hydrogens is 320 g/mol. The summed E-state index contributed by atoms with van der Waals surface area (Å²) in [6.45, 7) is 0.754. The molecular formula is C12H14BrF2N3O. The van der Waals surface area contributed by atoms with Gasteiger partial charge in [-0.3, -0.25) is 4.90 Å². The summed E-state index contributed by atoms with van der Waals surface area (Å²) < 4.78 is 27.8. The lowest BCUT2D eigenvalue weighted by atomic mass is 10.1. The molecule has 19 heavy (non-hydrogen) atoms. The SMILES string of the molecule is N/C(=N/O)C1CCCN1Cc1c(F)ccc(Br)c1F. The van der Waals surface area contributed by atoms with Crippen LogP contribution in [0.15, 0.2) is 21.8 Å². The number of nitrogens with zero attached hydrogens (tertiary/aromatic N) is 2. The van der Waals surface area contributed by atoms with Crippen LogP contribution in [0.25, 0.3) is 0 Å². The molecule has 1 aromatic carbocycles. The number of nitrogens with two attached hydrogens (primary N) is 1. The van der Waals surface area contributed by atoms with E-state index in [0.29, 0.717) is 13.0 Å². The molecule has 1 aliphatic rings. The quantitative estimate of drug-likeness (QED) is 0.293. The van der Waals surface area contributed by atoms with Crippen molar-refractivity contribution in [3.63, 3.8) is 0 Å². The number of oxime groups is 1. The number of halogens is 3. The fourth-order valence-electron chi connectivity index (χ4n) is 2.33. The smallest absolute Gasteiger partial charge is 0.156 e. The molecule has 0 aromatic heterocycles. The van der Waals surface area contributed by atoms with Crippen molar-refractivity contribution >= 4 is 21.8 Å². The van der Waals surface area contributed by atoms with E-state index in [4.69, 9.17) is 10.9 Å². The van der Waals surface area contributed by atoms with E-state index in [2.05, 4.69) is 21.1 Å². The van der Waals surface area contributed by atoms with Crippen LogP contribution >= 0.6 is 15.9 Å². The van der Waals surface area contributed by atoms with Crippen molar-refractivity contribution in [2.75, 3.05) is 6.54 Å². The fraction of sp³-hybridized carbons (Fsp3) is 0.417. The lowest BCUT2D eigenvalue weighted by Gasteiger charge is -2.23. The minimum atomic E-state index is -0.606. The first-order valence-electron chi connectivity index (χ1n) is 5.88. The van der Waals surface area contributed by atoms with Gasteiger partial charge in [0.1, 0.15) is 11.6 Å². The lowest BCUT2D eigenvalue weighted by Crippen LogP contribution is -2.40. The molecule has 1 fully saturated rings. The Hall–Kier alpha value is -1.21.